The smallest absolute Gasteiger partial charge is 0.0355 e. The monoisotopic (exact) mass is 235 g/mol. The largest absolute Gasteiger partial charge is 0.135 e. The fourth-order valence-corrected chi connectivity index (χ4v) is 2.79. The van der Waals surface area contributed by atoms with E-state index < -0.39 is 0 Å². The standard InChI is InChI=1S/C16H11S/c1-3-7-13(8-4-1)15-11-12-16(17-15)14-9-5-2-6-10-14/h1-9,11-12H. The van der Waals surface area contributed by atoms with Crippen molar-refractivity contribution in [2.75, 3.05) is 0 Å². The Hall–Kier alpha value is -1.86. The van der Waals surface area contributed by atoms with Crippen LogP contribution in [0.5, 0.6) is 0 Å². The van der Waals surface area contributed by atoms with Crippen LogP contribution in [-0.4, -0.2) is 0 Å². The highest BCUT2D eigenvalue weighted by Crippen LogP contribution is 2.33. The van der Waals surface area contributed by atoms with Crippen molar-refractivity contribution in [1.29, 1.82) is 0 Å². The van der Waals surface area contributed by atoms with Gasteiger partial charge in [-0.2, -0.15) is 0 Å². The van der Waals surface area contributed by atoms with Crippen LogP contribution in [0.25, 0.3) is 20.9 Å². The second-order valence-corrected chi connectivity index (χ2v) is 4.89. The van der Waals surface area contributed by atoms with Gasteiger partial charge < -0.3 is 0 Å². The van der Waals surface area contributed by atoms with E-state index in [0.29, 0.717) is 0 Å². The molecule has 1 heterocycles. The van der Waals surface area contributed by atoms with Crippen LogP contribution in [0.3, 0.4) is 0 Å². The molecule has 0 N–H and O–H groups in total. The van der Waals surface area contributed by atoms with Gasteiger partial charge in [0.2, 0.25) is 0 Å². The summed E-state index contributed by atoms with van der Waals surface area (Å²) < 4.78 is 0. The predicted octanol–water partition coefficient (Wildman–Crippen LogP) is 4.88. The predicted molar refractivity (Wildman–Crippen MR) is 74.0 cm³/mol. The van der Waals surface area contributed by atoms with E-state index >= 15 is 0 Å². The van der Waals surface area contributed by atoms with Crippen molar-refractivity contribution >= 4 is 11.3 Å². The van der Waals surface area contributed by atoms with Crippen LogP contribution in [0.15, 0.2) is 66.7 Å². The van der Waals surface area contributed by atoms with E-state index in [9.17, 15) is 0 Å². The zero-order valence-corrected chi connectivity index (χ0v) is 10.1. The summed E-state index contributed by atoms with van der Waals surface area (Å²) in [6, 6.07) is 26.2. The maximum atomic E-state index is 3.26. The van der Waals surface area contributed by atoms with Crippen molar-refractivity contribution < 1.29 is 0 Å². The van der Waals surface area contributed by atoms with Gasteiger partial charge in [-0.05, 0) is 29.3 Å². The Kier molecular flexibility index (Phi) is 2.76. The average Bonchev–Trinajstić information content (AvgIpc) is 2.90. The molecular formula is C16H11S. The maximum absolute atomic E-state index is 3.26. The van der Waals surface area contributed by atoms with Crippen LogP contribution >= 0.6 is 11.3 Å². The second kappa shape index (κ2) is 4.56. The number of benzene rings is 2. The van der Waals surface area contributed by atoms with Crippen molar-refractivity contribution in [2.24, 2.45) is 0 Å². The molecule has 0 atom stereocenters. The van der Waals surface area contributed by atoms with Crippen LogP contribution < -0.4 is 0 Å². The highest BCUT2D eigenvalue weighted by Gasteiger charge is 2.03. The van der Waals surface area contributed by atoms with Gasteiger partial charge in [0, 0.05) is 9.75 Å². The lowest BCUT2D eigenvalue weighted by Gasteiger charge is -1.96. The number of hydrogen-bond acceptors (Lipinski definition) is 1. The Bertz CT molecular complexity index is 540. The van der Waals surface area contributed by atoms with Gasteiger partial charge in [-0.25, -0.2) is 0 Å². The molecule has 3 rings (SSSR count). The van der Waals surface area contributed by atoms with Crippen molar-refractivity contribution in [1.82, 2.24) is 0 Å². The second-order valence-electron chi connectivity index (χ2n) is 3.81. The molecule has 2 aromatic carbocycles. The molecule has 0 bridgehead atoms. The Morgan fingerprint density at radius 1 is 0.706 bits per heavy atom. The number of thiophene rings is 1. The third-order valence-corrected chi connectivity index (χ3v) is 3.81. The van der Waals surface area contributed by atoms with Crippen molar-refractivity contribution in [2.45, 2.75) is 0 Å². The zero-order valence-electron chi connectivity index (χ0n) is 9.26. The molecule has 0 fully saturated rings. The normalized spacial score (nSPS) is 10.4. The molecule has 0 aliphatic rings. The Morgan fingerprint density at radius 3 is 2.24 bits per heavy atom. The van der Waals surface area contributed by atoms with Gasteiger partial charge >= 0.3 is 0 Å². The molecule has 0 saturated heterocycles. The molecule has 0 spiro atoms. The summed E-state index contributed by atoms with van der Waals surface area (Å²) in [7, 11) is 0. The molecule has 0 nitrogen and oxygen atoms in total. The minimum Gasteiger partial charge on any atom is -0.135 e. The number of rotatable bonds is 2. The third kappa shape index (κ3) is 2.15. The molecule has 81 valence electrons. The SMILES string of the molecule is [c]1ccccc1-c1ccc(-c2ccccc2)s1. The molecule has 1 heteroatoms. The topological polar surface area (TPSA) is 0 Å². The first-order chi connectivity index (χ1) is 8.43. The summed E-state index contributed by atoms with van der Waals surface area (Å²) in [5.74, 6) is 0. The van der Waals surface area contributed by atoms with Crippen LogP contribution in [0, 0.1) is 6.07 Å². The van der Waals surface area contributed by atoms with E-state index in [4.69, 9.17) is 0 Å². The van der Waals surface area contributed by atoms with E-state index in [1.165, 1.54) is 20.9 Å². The molecule has 0 aliphatic heterocycles. The Balaban J connectivity index is 1.99. The van der Waals surface area contributed by atoms with Gasteiger partial charge in [-0.15, -0.1) is 11.3 Å². The van der Waals surface area contributed by atoms with Gasteiger partial charge in [0.1, 0.15) is 0 Å². The van der Waals surface area contributed by atoms with Crippen LogP contribution in [-0.2, 0) is 0 Å². The summed E-state index contributed by atoms with van der Waals surface area (Å²) in [4.78, 5) is 2.57. The lowest BCUT2D eigenvalue weighted by Crippen LogP contribution is -1.69. The molecular weight excluding hydrogens is 224 g/mol. The molecule has 0 aliphatic carbocycles. The lowest BCUT2D eigenvalue weighted by atomic mass is 10.2. The van der Waals surface area contributed by atoms with Gasteiger partial charge in [-0.1, -0.05) is 54.6 Å². The average molecular weight is 235 g/mol. The summed E-state index contributed by atoms with van der Waals surface area (Å²) in [5.41, 5.74) is 2.44. The molecule has 3 aromatic rings. The highest BCUT2D eigenvalue weighted by atomic mass is 32.1. The molecule has 0 unspecified atom stereocenters. The third-order valence-electron chi connectivity index (χ3n) is 2.64. The van der Waals surface area contributed by atoms with Gasteiger partial charge in [0.25, 0.3) is 0 Å². The first kappa shape index (κ1) is 10.3. The van der Waals surface area contributed by atoms with E-state index in [1.54, 1.807) is 0 Å². The zero-order chi connectivity index (χ0) is 11.5. The van der Waals surface area contributed by atoms with E-state index in [-0.39, 0.29) is 0 Å². The summed E-state index contributed by atoms with van der Waals surface area (Å²) in [6.07, 6.45) is 0. The quantitative estimate of drug-likeness (QED) is 0.593. The Morgan fingerprint density at radius 2 is 1.47 bits per heavy atom. The minimum atomic E-state index is 1.17. The van der Waals surface area contributed by atoms with Gasteiger partial charge in [-0.3, -0.25) is 0 Å². The molecule has 0 saturated carbocycles. The Labute approximate surface area is 105 Å². The lowest BCUT2D eigenvalue weighted by molar-refractivity contribution is 1.68. The summed E-state index contributed by atoms with van der Waals surface area (Å²) >= 11 is 1.81. The van der Waals surface area contributed by atoms with E-state index in [1.807, 2.05) is 35.6 Å². The van der Waals surface area contributed by atoms with Gasteiger partial charge in [0.05, 0.1) is 0 Å². The molecule has 1 aromatic heterocycles. The van der Waals surface area contributed by atoms with Crippen molar-refractivity contribution in [3.63, 3.8) is 0 Å². The van der Waals surface area contributed by atoms with E-state index in [0.717, 1.165) is 0 Å². The summed E-state index contributed by atoms with van der Waals surface area (Å²) in [6.45, 7) is 0. The first-order valence-electron chi connectivity index (χ1n) is 5.56. The van der Waals surface area contributed by atoms with Crippen LogP contribution in [0.2, 0.25) is 0 Å². The van der Waals surface area contributed by atoms with Crippen molar-refractivity contribution in [3.8, 4) is 20.9 Å². The fraction of sp³-hybridized carbons (Fsp3) is 0. The molecule has 1 radical (unpaired) electrons. The van der Waals surface area contributed by atoms with E-state index in [2.05, 4.69) is 48.5 Å². The van der Waals surface area contributed by atoms with Crippen LogP contribution in [0.1, 0.15) is 0 Å². The maximum Gasteiger partial charge on any atom is 0.0355 e. The van der Waals surface area contributed by atoms with Crippen molar-refractivity contribution in [3.05, 3.63) is 72.8 Å². The van der Waals surface area contributed by atoms with Gasteiger partial charge in [0.15, 0.2) is 0 Å². The molecule has 17 heavy (non-hydrogen) atoms. The first-order valence-corrected chi connectivity index (χ1v) is 6.37. The van der Waals surface area contributed by atoms with Crippen LogP contribution in [0.4, 0.5) is 0 Å². The highest BCUT2D eigenvalue weighted by molar-refractivity contribution is 7.18. The minimum absolute atomic E-state index is 1.17. The molecule has 0 amide bonds. The number of hydrogen-bond donors (Lipinski definition) is 0. The fourth-order valence-electron chi connectivity index (χ4n) is 1.79. The summed E-state index contributed by atoms with van der Waals surface area (Å²) in [5, 5.41) is 0.